The smallest absolute Gasteiger partial charge is 0.140 e. The highest BCUT2D eigenvalue weighted by Crippen LogP contribution is 2.07. The second-order valence-electron chi connectivity index (χ2n) is 4.27. The molecule has 19 heavy (non-hydrogen) atoms. The van der Waals surface area contributed by atoms with Gasteiger partial charge < -0.3 is 14.9 Å². The Bertz CT molecular complexity index is 349. The van der Waals surface area contributed by atoms with Crippen LogP contribution in [-0.2, 0) is 16.0 Å². The van der Waals surface area contributed by atoms with E-state index in [1.54, 1.807) is 14.2 Å². The van der Waals surface area contributed by atoms with E-state index in [9.17, 15) is 0 Å². The predicted molar refractivity (Wildman–Crippen MR) is 75.7 cm³/mol. The summed E-state index contributed by atoms with van der Waals surface area (Å²) in [7, 11) is 3.43. The molecule has 3 N–H and O–H groups in total. The van der Waals surface area contributed by atoms with Crippen molar-refractivity contribution in [2.24, 2.45) is 5.84 Å². The standard InChI is InChI=1S/C13H24N4O2/c1-18-9-4-7-17(8-10-19-2)11-12-5-3-6-13(15-12)16-14/h3,5-6H,4,7-11,14H2,1-2H3,(H,15,16). The van der Waals surface area contributed by atoms with E-state index in [0.717, 1.165) is 38.4 Å². The number of nitrogens with two attached hydrogens (primary N) is 1. The number of rotatable bonds is 10. The van der Waals surface area contributed by atoms with Crippen LogP contribution in [0.2, 0.25) is 0 Å². The van der Waals surface area contributed by atoms with E-state index in [0.29, 0.717) is 12.4 Å². The van der Waals surface area contributed by atoms with Crippen LogP contribution >= 0.6 is 0 Å². The van der Waals surface area contributed by atoms with Crippen LogP contribution in [-0.4, -0.2) is 50.4 Å². The highest BCUT2D eigenvalue weighted by atomic mass is 16.5. The van der Waals surface area contributed by atoms with Gasteiger partial charge in [-0.15, -0.1) is 0 Å². The van der Waals surface area contributed by atoms with Gasteiger partial charge in [-0.05, 0) is 18.6 Å². The Kier molecular flexibility index (Phi) is 8.08. The summed E-state index contributed by atoms with van der Waals surface area (Å²) in [5, 5.41) is 0. The molecule has 0 aliphatic heterocycles. The van der Waals surface area contributed by atoms with Gasteiger partial charge in [0, 0.05) is 40.5 Å². The summed E-state index contributed by atoms with van der Waals surface area (Å²) in [5.41, 5.74) is 3.55. The lowest BCUT2D eigenvalue weighted by Gasteiger charge is -2.21. The molecular weight excluding hydrogens is 244 g/mol. The summed E-state index contributed by atoms with van der Waals surface area (Å²) in [6.45, 7) is 4.09. The van der Waals surface area contributed by atoms with Crippen LogP contribution in [0, 0.1) is 0 Å². The van der Waals surface area contributed by atoms with Crippen LogP contribution in [0.5, 0.6) is 0 Å². The molecule has 0 fully saturated rings. The van der Waals surface area contributed by atoms with Crippen LogP contribution in [0.1, 0.15) is 12.1 Å². The van der Waals surface area contributed by atoms with Gasteiger partial charge >= 0.3 is 0 Å². The molecule has 6 nitrogen and oxygen atoms in total. The zero-order chi connectivity index (χ0) is 13.9. The second kappa shape index (κ2) is 9.69. The van der Waals surface area contributed by atoms with Crippen LogP contribution < -0.4 is 11.3 Å². The lowest BCUT2D eigenvalue weighted by Crippen LogP contribution is -2.29. The van der Waals surface area contributed by atoms with Crippen molar-refractivity contribution in [3.8, 4) is 0 Å². The monoisotopic (exact) mass is 268 g/mol. The Morgan fingerprint density at radius 3 is 2.68 bits per heavy atom. The van der Waals surface area contributed by atoms with Crippen LogP contribution in [0.4, 0.5) is 5.82 Å². The second-order valence-corrected chi connectivity index (χ2v) is 4.27. The van der Waals surface area contributed by atoms with Crippen molar-refractivity contribution in [1.29, 1.82) is 0 Å². The number of anilines is 1. The molecule has 0 spiro atoms. The van der Waals surface area contributed by atoms with E-state index in [-0.39, 0.29) is 0 Å². The maximum absolute atomic E-state index is 5.37. The van der Waals surface area contributed by atoms with E-state index in [1.807, 2.05) is 18.2 Å². The first-order valence-electron chi connectivity index (χ1n) is 6.43. The Morgan fingerprint density at radius 2 is 2.00 bits per heavy atom. The van der Waals surface area contributed by atoms with Crippen molar-refractivity contribution < 1.29 is 9.47 Å². The normalized spacial score (nSPS) is 10.9. The minimum atomic E-state index is 0.682. The number of hydrogen-bond acceptors (Lipinski definition) is 6. The molecule has 1 heterocycles. The lowest BCUT2D eigenvalue weighted by molar-refractivity contribution is 0.128. The highest BCUT2D eigenvalue weighted by Gasteiger charge is 2.07. The van der Waals surface area contributed by atoms with Gasteiger partial charge in [-0.1, -0.05) is 6.07 Å². The van der Waals surface area contributed by atoms with Gasteiger partial charge in [0.15, 0.2) is 0 Å². The Labute approximate surface area is 114 Å². The van der Waals surface area contributed by atoms with Crippen LogP contribution in [0.15, 0.2) is 18.2 Å². The van der Waals surface area contributed by atoms with Gasteiger partial charge in [0.05, 0.1) is 12.3 Å². The molecule has 0 aromatic carbocycles. The van der Waals surface area contributed by atoms with E-state index >= 15 is 0 Å². The maximum Gasteiger partial charge on any atom is 0.140 e. The van der Waals surface area contributed by atoms with Gasteiger partial charge in [0.2, 0.25) is 0 Å². The topological polar surface area (TPSA) is 72.6 Å². The Morgan fingerprint density at radius 1 is 1.21 bits per heavy atom. The van der Waals surface area contributed by atoms with Crippen molar-refractivity contribution in [3.63, 3.8) is 0 Å². The first-order chi connectivity index (χ1) is 9.30. The minimum Gasteiger partial charge on any atom is -0.385 e. The number of hydrogen-bond donors (Lipinski definition) is 2. The zero-order valence-corrected chi connectivity index (χ0v) is 11.8. The molecule has 0 saturated carbocycles. The molecule has 0 saturated heterocycles. The Hall–Kier alpha value is -1.21. The number of ether oxygens (including phenoxy) is 2. The summed E-state index contributed by atoms with van der Waals surface area (Å²) in [4.78, 5) is 6.71. The fourth-order valence-electron chi connectivity index (χ4n) is 1.80. The van der Waals surface area contributed by atoms with E-state index in [2.05, 4.69) is 15.3 Å². The number of pyridine rings is 1. The minimum absolute atomic E-state index is 0.682. The molecular formula is C13H24N4O2. The summed E-state index contributed by atoms with van der Waals surface area (Å²) in [5.74, 6) is 6.05. The third-order valence-corrected chi connectivity index (χ3v) is 2.77. The first kappa shape index (κ1) is 15.8. The molecule has 1 rings (SSSR count). The molecule has 1 aromatic heterocycles. The summed E-state index contributed by atoms with van der Waals surface area (Å²) in [6, 6.07) is 5.78. The summed E-state index contributed by atoms with van der Waals surface area (Å²) in [6.07, 6.45) is 0.995. The van der Waals surface area contributed by atoms with Crippen LogP contribution in [0.3, 0.4) is 0 Å². The number of aromatic nitrogens is 1. The van der Waals surface area contributed by atoms with Gasteiger partial charge in [-0.2, -0.15) is 0 Å². The predicted octanol–water partition coefficient (Wildman–Crippen LogP) is 0.852. The fourth-order valence-corrected chi connectivity index (χ4v) is 1.80. The van der Waals surface area contributed by atoms with E-state index in [4.69, 9.17) is 15.3 Å². The number of nitrogens with zero attached hydrogens (tertiary/aromatic N) is 2. The number of methoxy groups -OCH3 is 2. The average Bonchev–Trinajstić information content (AvgIpc) is 2.45. The summed E-state index contributed by atoms with van der Waals surface area (Å²) >= 11 is 0. The molecule has 0 aliphatic rings. The quantitative estimate of drug-likeness (QED) is 0.372. The first-order valence-corrected chi connectivity index (χ1v) is 6.43. The Balaban J connectivity index is 2.53. The average molecular weight is 268 g/mol. The van der Waals surface area contributed by atoms with Crippen molar-refractivity contribution in [2.75, 3.05) is 45.9 Å². The molecule has 0 aliphatic carbocycles. The van der Waals surface area contributed by atoms with Gasteiger partial charge in [-0.25, -0.2) is 10.8 Å². The lowest BCUT2D eigenvalue weighted by atomic mass is 10.3. The molecule has 0 bridgehead atoms. The van der Waals surface area contributed by atoms with Crippen molar-refractivity contribution >= 4 is 5.82 Å². The van der Waals surface area contributed by atoms with Crippen LogP contribution in [0.25, 0.3) is 0 Å². The third kappa shape index (κ3) is 6.49. The largest absolute Gasteiger partial charge is 0.385 e. The molecule has 1 aromatic rings. The molecule has 0 unspecified atom stereocenters. The molecule has 6 heteroatoms. The maximum atomic E-state index is 5.37. The number of nitrogen functional groups attached to an aromatic ring is 1. The van der Waals surface area contributed by atoms with Crippen molar-refractivity contribution in [1.82, 2.24) is 9.88 Å². The van der Waals surface area contributed by atoms with Gasteiger partial charge in [0.1, 0.15) is 5.82 Å². The fraction of sp³-hybridized carbons (Fsp3) is 0.615. The number of hydrazine groups is 1. The molecule has 0 amide bonds. The number of nitrogens with one attached hydrogen (secondary N) is 1. The SMILES string of the molecule is COCCCN(CCOC)Cc1cccc(NN)n1. The van der Waals surface area contributed by atoms with Crippen molar-refractivity contribution in [2.45, 2.75) is 13.0 Å². The molecule has 108 valence electrons. The van der Waals surface area contributed by atoms with Crippen molar-refractivity contribution in [3.05, 3.63) is 23.9 Å². The molecule has 0 radical (unpaired) electrons. The molecule has 0 atom stereocenters. The van der Waals surface area contributed by atoms with E-state index in [1.165, 1.54) is 0 Å². The van der Waals surface area contributed by atoms with Gasteiger partial charge in [0.25, 0.3) is 0 Å². The van der Waals surface area contributed by atoms with E-state index < -0.39 is 0 Å². The third-order valence-electron chi connectivity index (χ3n) is 2.77. The van der Waals surface area contributed by atoms with Gasteiger partial charge in [-0.3, -0.25) is 4.90 Å². The zero-order valence-electron chi connectivity index (χ0n) is 11.8. The summed E-state index contributed by atoms with van der Waals surface area (Å²) < 4.78 is 10.2. The highest BCUT2D eigenvalue weighted by molar-refractivity contribution is 5.33.